The number of amides is 4. The lowest BCUT2D eigenvalue weighted by Crippen LogP contribution is -2.57. The van der Waals surface area contributed by atoms with Gasteiger partial charge in [-0.1, -0.05) is 12.1 Å². The molecule has 0 saturated heterocycles. The van der Waals surface area contributed by atoms with Crippen molar-refractivity contribution in [1.82, 2.24) is 16.0 Å². The number of phenols is 1. The van der Waals surface area contributed by atoms with Gasteiger partial charge in [0.25, 0.3) is 0 Å². The van der Waals surface area contributed by atoms with Crippen molar-refractivity contribution < 1.29 is 44.1 Å². The summed E-state index contributed by atoms with van der Waals surface area (Å²) in [5.74, 6) is -6.64. The Balaban J connectivity index is 2.86. The van der Waals surface area contributed by atoms with Gasteiger partial charge in [-0.2, -0.15) is 0 Å². The standard InChI is InChI=1S/C20H27N5O9/c1-9(23-18(31)12(21)7-15(22)27)17(30)24-13(8-16(28)29)19(32)25-14(20(33)34)6-10-2-4-11(26)5-3-10/h2-5,9,12-14,26H,6-8,21H2,1H3,(H2,22,27)(H,23,31)(H,24,30)(H,25,32)(H,28,29)(H,33,34). The quantitative estimate of drug-likeness (QED) is 0.143. The predicted octanol–water partition coefficient (Wildman–Crippen LogP) is -2.83. The van der Waals surface area contributed by atoms with Gasteiger partial charge in [0, 0.05) is 6.42 Å². The number of nitrogens with one attached hydrogen (secondary N) is 3. The van der Waals surface area contributed by atoms with Crippen LogP contribution in [0, 0.1) is 0 Å². The second-order valence-electron chi connectivity index (χ2n) is 7.44. The number of carboxylic acid groups (broad SMARTS) is 2. The van der Waals surface area contributed by atoms with E-state index in [4.69, 9.17) is 16.6 Å². The van der Waals surface area contributed by atoms with Crippen molar-refractivity contribution in [3.63, 3.8) is 0 Å². The summed E-state index contributed by atoms with van der Waals surface area (Å²) in [4.78, 5) is 70.5. The third-order valence-electron chi connectivity index (χ3n) is 4.51. The number of rotatable bonds is 13. The van der Waals surface area contributed by atoms with Gasteiger partial charge < -0.3 is 42.7 Å². The van der Waals surface area contributed by atoms with Crippen molar-refractivity contribution in [3.05, 3.63) is 29.8 Å². The van der Waals surface area contributed by atoms with Crippen LogP contribution in [0.4, 0.5) is 0 Å². The second kappa shape index (κ2) is 12.7. The number of nitrogens with two attached hydrogens (primary N) is 2. The molecule has 34 heavy (non-hydrogen) atoms. The summed E-state index contributed by atoms with van der Waals surface area (Å²) in [5.41, 5.74) is 10.9. The number of carbonyl (C=O) groups excluding carboxylic acids is 4. The summed E-state index contributed by atoms with van der Waals surface area (Å²) in [6, 6.07) is -0.171. The Morgan fingerprint density at radius 2 is 1.41 bits per heavy atom. The molecule has 0 aliphatic heterocycles. The van der Waals surface area contributed by atoms with Gasteiger partial charge in [-0.05, 0) is 24.6 Å². The number of carbonyl (C=O) groups is 6. The zero-order chi connectivity index (χ0) is 26.0. The van der Waals surface area contributed by atoms with E-state index >= 15 is 0 Å². The Kier molecular flexibility index (Phi) is 10.4. The number of phenolic OH excluding ortho intramolecular Hbond substituents is 1. The van der Waals surface area contributed by atoms with E-state index in [1.807, 2.05) is 0 Å². The Morgan fingerprint density at radius 3 is 1.91 bits per heavy atom. The van der Waals surface area contributed by atoms with Crippen molar-refractivity contribution in [1.29, 1.82) is 0 Å². The van der Waals surface area contributed by atoms with Gasteiger partial charge in [0.2, 0.25) is 23.6 Å². The van der Waals surface area contributed by atoms with Crippen molar-refractivity contribution in [2.45, 2.75) is 50.4 Å². The summed E-state index contributed by atoms with van der Waals surface area (Å²) in [5, 5.41) is 34.4. The number of hydrogen-bond donors (Lipinski definition) is 8. The molecule has 14 nitrogen and oxygen atoms in total. The van der Waals surface area contributed by atoms with E-state index < -0.39 is 72.6 Å². The number of benzene rings is 1. The highest BCUT2D eigenvalue weighted by molar-refractivity contribution is 5.96. The maximum Gasteiger partial charge on any atom is 0.326 e. The van der Waals surface area contributed by atoms with Gasteiger partial charge in [0.05, 0.1) is 18.9 Å². The summed E-state index contributed by atoms with van der Waals surface area (Å²) >= 11 is 0. The lowest BCUT2D eigenvalue weighted by Gasteiger charge is -2.23. The summed E-state index contributed by atoms with van der Waals surface area (Å²) in [7, 11) is 0. The SMILES string of the molecule is CC(NC(=O)C(N)CC(N)=O)C(=O)NC(CC(=O)O)C(=O)NC(Cc1ccc(O)cc1)C(=O)O. The fourth-order valence-corrected chi connectivity index (χ4v) is 2.72. The minimum absolute atomic E-state index is 0.0410. The molecule has 1 rings (SSSR count). The smallest absolute Gasteiger partial charge is 0.326 e. The first-order valence-corrected chi connectivity index (χ1v) is 9.97. The largest absolute Gasteiger partial charge is 0.508 e. The van der Waals surface area contributed by atoms with E-state index in [-0.39, 0.29) is 12.2 Å². The molecular formula is C20H27N5O9. The third-order valence-corrected chi connectivity index (χ3v) is 4.51. The van der Waals surface area contributed by atoms with Crippen LogP contribution in [0.15, 0.2) is 24.3 Å². The number of aliphatic carboxylic acids is 2. The number of aromatic hydroxyl groups is 1. The molecule has 0 heterocycles. The monoisotopic (exact) mass is 481 g/mol. The van der Waals surface area contributed by atoms with Gasteiger partial charge in [0.1, 0.15) is 23.9 Å². The summed E-state index contributed by atoms with van der Waals surface area (Å²) in [6.07, 6.45) is -1.52. The lowest BCUT2D eigenvalue weighted by molar-refractivity contribution is -0.143. The molecule has 0 spiro atoms. The average Bonchev–Trinajstić information content (AvgIpc) is 2.73. The summed E-state index contributed by atoms with van der Waals surface area (Å²) in [6.45, 7) is 1.23. The molecule has 0 aliphatic carbocycles. The molecule has 0 radical (unpaired) electrons. The molecule has 4 amide bonds. The Bertz CT molecular complexity index is 935. The fourth-order valence-electron chi connectivity index (χ4n) is 2.72. The van der Waals surface area contributed by atoms with Crippen LogP contribution in [0.5, 0.6) is 5.75 Å². The molecule has 0 fully saturated rings. The normalized spacial score (nSPS) is 14.1. The molecule has 0 saturated carbocycles. The number of carboxylic acids is 2. The van der Waals surface area contributed by atoms with Crippen molar-refractivity contribution >= 4 is 35.6 Å². The highest BCUT2D eigenvalue weighted by Crippen LogP contribution is 2.11. The third kappa shape index (κ3) is 9.52. The van der Waals surface area contributed by atoms with Crippen LogP contribution in [0.3, 0.4) is 0 Å². The van der Waals surface area contributed by atoms with Crippen LogP contribution in [-0.4, -0.2) is 75.1 Å². The van der Waals surface area contributed by atoms with Gasteiger partial charge in [-0.25, -0.2) is 4.79 Å². The first kappa shape index (κ1) is 27.8. The molecule has 10 N–H and O–H groups in total. The summed E-state index contributed by atoms with van der Waals surface area (Å²) < 4.78 is 0. The number of hydrogen-bond acceptors (Lipinski definition) is 8. The first-order valence-electron chi connectivity index (χ1n) is 9.97. The van der Waals surface area contributed by atoms with Crippen LogP contribution in [0.1, 0.15) is 25.3 Å². The zero-order valence-corrected chi connectivity index (χ0v) is 18.2. The first-order chi connectivity index (χ1) is 15.8. The lowest BCUT2D eigenvalue weighted by atomic mass is 10.0. The molecule has 186 valence electrons. The maximum absolute atomic E-state index is 12.6. The molecule has 0 bridgehead atoms. The minimum Gasteiger partial charge on any atom is -0.508 e. The predicted molar refractivity (Wildman–Crippen MR) is 115 cm³/mol. The van der Waals surface area contributed by atoms with E-state index in [1.165, 1.54) is 31.2 Å². The van der Waals surface area contributed by atoms with Crippen LogP contribution in [0.25, 0.3) is 0 Å². The molecule has 4 unspecified atom stereocenters. The molecule has 1 aromatic carbocycles. The van der Waals surface area contributed by atoms with E-state index in [0.29, 0.717) is 5.56 Å². The van der Waals surface area contributed by atoms with E-state index in [0.717, 1.165) is 0 Å². The van der Waals surface area contributed by atoms with Crippen LogP contribution in [0.2, 0.25) is 0 Å². The highest BCUT2D eigenvalue weighted by Gasteiger charge is 2.30. The number of primary amides is 1. The molecular weight excluding hydrogens is 454 g/mol. The molecule has 0 aliphatic rings. The van der Waals surface area contributed by atoms with Crippen molar-refractivity contribution in [3.8, 4) is 5.75 Å². The van der Waals surface area contributed by atoms with Gasteiger partial charge in [-0.3, -0.25) is 24.0 Å². The van der Waals surface area contributed by atoms with Gasteiger partial charge in [0.15, 0.2) is 0 Å². The second-order valence-corrected chi connectivity index (χ2v) is 7.44. The van der Waals surface area contributed by atoms with Crippen LogP contribution in [-0.2, 0) is 35.2 Å². The van der Waals surface area contributed by atoms with Crippen LogP contribution < -0.4 is 27.4 Å². The highest BCUT2D eigenvalue weighted by atomic mass is 16.4. The Labute approximate surface area is 193 Å². The molecule has 0 aromatic heterocycles. The van der Waals surface area contributed by atoms with Crippen molar-refractivity contribution in [2.75, 3.05) is 0 Å². The van der Waals surface area contributed by atoms with Gasteiger partial charge in [-0.15, -0.1) is 0 Å². The van der Waals surface area contributed by atoms with E-state index in [2.05, 4.69) is 16.0 Å². The average molecular weight is 481 g/mol. The van der Waals surface area contributed by atoms with E-state index in [9.17, 15) is 39.0 Å². The Morgan fingerprint density at radius 1 is 0.853 bits per heavy atom. The molecule has 4 atom stereocenters. The van der Waals surface area contributed by atoms with Crippen LogP contribution >= 0.6 is 0 Å². The molecule has 14 heteroatoms. The Hall–Kier alpha value is -4.20. The van der Waals surface area contributed by atoms with E-state index in [1.54, 1.807) is 0 Å². The van der Waals surface area contributed by atoms with Crippen molar-refractivity contribution in [2.24, 2.45) is 11.5 Å². The zero-order valence-electron chi connectivity index (χ0n) is 18.2. The van der Waals surface area contributed by atoms with Gasteiger partial charge >= 0.3 is 11.9 Å². The maximum atomic E-state index is 12.6. The molecule has 1 aromatic rings. The minimum atomic E-state index is -1.66. The topological polar surface area (TPSA) is 251 Å². The fraction of sp³-hybridized carbons (Fsp3) is 0.400.